The van der Waals surface area contributed by atoms with E-state index in [1.165, 1.54) is 31.4 Å². The number of rotatable bonds is 8. The lowest BCUT2D eigenvalue weighted by atomic mass is 10.0. The molecule has 8 heteroatoms. The van der Waals surface area contributed by atoms with Gasteiger partial charge in [0.15, 0.2) is 5.58 Å². The first-order valence-corrected chi connectivity index (χ1v) is 12.5. The zero-order valence-corrected chi connectivity index (χ0v) is 19.2. The number of fused-ring (bicyclic) bond motifs is 1. The van der Waals surface area contributed by atoms with E-state index in [1.807, 2.05) is 0 Å². The van der Waals surface area contributed by atoms with Gasteiger partial charge in [-0.3, -0.25) is 0 Å². The summed E-state index contributed by atoms with van der Waals surface area (Å²) in [6, 6.07) is 14.1. The Bertz CT molecular complexity index is 1120. The minimum absolute atomic E-state index is 0.141. The molecule has 0 aliphatic carbocycles. The van der Waals surface area contributed by atoms with E-state index in [0.29, 0.717) is 17.3 Å². The summed E-state index contributed by atoms with van der Waals surface area (Å²) in [6.45, 7) is 5.26. The van der Waals surface area contributed by atoms with Crippen molar-refractivity contribution in [3.63, 3.8) is 0 Å². The van der Waals surface area contributed by atoms with Crippen LogP contribution in [0.25, 0.3) is 11.0 Å². The standard InChI is InChI=1S/C23H28ClN3O3S/c1-18-8-5-6-13-26(18)14-7-12-25-22-17-20(16-19-11-15-30-23(19)22)27(24)31(28,29)21-9-3-2-4-10-21/h2-4,9-11,15-18,25H,5-8,12-14H2,1H3. The van der Waals surface area contributed by atoms with Crippen molar-refractivity contribution < 1.29 is 12.8 Å². The first-order chi connectivity index (χ1) is 15.0. The normalized spacial score (nSPS) is 17.7. The lowest BCUT2D eigenvalue weighted by Crippen LogP contribution is -2.38. The average molecular weight is 462 g/mol. The SMILES string of the molecule is CC1CCCCN1CCCNc1cc(N(Cl)S(=O)(=O)c2ccccc2)cc2ccoc12. The number of anilines is 2. The van der Waals surface area contributed by atoms with Gasteiger partial charge >= 0.3 is 0 Å². The molecule has 0 saturated carbocycles. The molecule has 0 radical (unpaired) electrons. The number of halogens is 1. The minimum Gasteiger partial charge on any atom is -0.462 e. The summed E-state index contributed by atoms with van der Waals surface area (Å²) in [5, 5.41) is 4.20. The average Bonchev–Trinajstić information content (AvgIpc) is 3.26. The van der Waals surface area contributed by atoms with Gasteiger partial charge in [-0.1, -0.05) is 24.6 Å². The molecule has 166 valence electrons. The van der Waals surface area contributed by atoms with Crippen molar-refractivity contribution in [3.05, 3.63) is 54.8 Å². The second-order valence-electron chi connectivity index (χ2n) is 8.03. The van der Waals surface area contributed by atoms with Crippen LogP contribution in [0.15, 0.2) is 64.1 Å². The van der Waals surface area contributed by atoms with E-state index in [0.717, 1.165) is 41.0 Å². The van der Waals surface area contributed by atoms with Crippen LogP contribution >= 0.6 is 11.8 Å². The highest BCUT2D eigenvalue weighted by atomic mass is 35.5. The van der Waals surface area contributed by atoms with E-state index in [-0.39, 0.29) is 4.90 Å². The Morgan fingerprint density at radius 3 is 2.77 bits per heavy atom. The molecule has 0 amide bonds. The number of nitrogens with zero attached hydrogens (tertiary/aromatic N) is 2. The van der Waals surface area contributed by atoms with Crippen molar-refractivity contribution in [2.45, 2.75) is 43.5 Å². The van der Waals surface area contributed by atoms with Crippen molar-refractivity contribution in [2.75, 3.05) is 28.8 Å². The lowest BCUT2D eigenvalue weighted by molar-refractivity contribution is 0.160. The van der Waals surface area contributed by atoms with Crippen LogP contribution in [0.3, 0.4) is 0 Å². The number of hydrogen-bond acceptors (Lipinski definition) is 5. The number of nitrogens with one attached hydrogen (secondary N) is 1. The van der Waals surface area contributed by atoms with Crippen molar-refractivity contribution in [2.24, 2.45) is 0 Å². The quantitative estimate of drug-likeness (QED) is 0.356. The summed E-state index contributed by atoms with van der Waals surface area (Å²) >= 11 is 6.33. The Hall–Kier alpha value is -2.22. The minimum atomic E-state index is -3.87. The van der Waals surface area contributed by atoms with E-state index >= 15 is 0 Å². The van der Waals surface area contributed by atoms with Crippen LogP contribution in [0.4, 0.5) is 11.4 Å². The molecule has 0 spiro atoms. The Morgan fingerprint density at radius 2 is 2.00 bits per heavy atom. The van der Waals surface area contributed by atoms with E-state index in [9.17, 15) is 8.42 Å². The van der Waals surface area contributed by atoms with Crippen LogP contribution in [-0.4, -0.2) is 39.0 Å². The molecule has 1 N–H and O–H groups in total. The van der Waals surface area contributed by atoms with Crippen molar-refractivity contribution in [3.8, 4) is 0 Å². The van der Waals surface area contributed by atoms with Crippen LogP contribution in [0.5, 0.6) is 0 Å². The number of sulfonamides is 1. The van der Waals surface area contributed by atoms with Gasteiger partial charge in [-0.05, 0) is 63.1 Å². The Labute approximate surface area is 188 Å². The fourth-order valence-corrected chi connectivity index (χ4v) is 5.52. The zero-order chi connectivity index (χ0) is 21.8. The van der Waals surface area contributed by atoms with Crippen LogP contribution < -0.4 is 9.14 Å². The molecular formula is C23H28ClN3O3S. The van der Waals surface area contributed by atoms with Crippen molar-refractivity contribution in [1.82, 2.24) is 4.90 Å². The maximum atomic E-state index is 12.9. The summed E-state index contributed by atoms with van der Waals surface area (Å²) in [5.74, 6) is 0. The van der Waals surface area contributed by atoms with Crippen LogP contribution in [-0.2, 0) is 10.0 Å². The highest BCUT2D eigenvalue weighted by molar-refractivity contribution is 7.94. The predicted octanol–water partition coefficient (Wildman–Crippen LogP) is 5.46. The highest BCUT2D eigenvalue weighted by Crippen LogP contribution is 2.34. The summed E-state index contributed by atoms with van der Waals surface area (Å²) in [5.41, 5.74) is 1.79. The van der Waals surface area contributed by atoms with Gasteiger partial charge < -0.3 is 14.6 Å². The molecule has 1 atom stereocenters. The summed E-state index contributed by atoms with van der Waals surface area (Å²) in [4.78, 5) is 2.68. The Balaban J connectivity index is 1.50. The first-order valence-electron chi connectivity index (χ1n) is 10.7. The van der Waals surface area contributed by atoms with Gasteiger partial charge in [0, 0.05) is 36.3 Å². The number of likely N-dealkylation sites (tertiary alicyclic amines) is 1. The molecule has 1 saturated heterocycles. The van der Waals surface area contributed by atoms with Gasteiger partial charge in [0.25, 0.3) is 10.0 Å². The number of piperidine rings is 1. The number of furan rings is 1. The van der Waals surface area contributed by atoms with Crippen molar-refractivity contribution >= 4 is 44.1 Å². The third-order valence-corrected chi connectivity index (χ3v) is 8.11. The second-order valence-corrected chi connectivity index (χ2v) is 10.4. The molecule has 1 aromatic heterocycles. The first kappa shape index (κ1) is 22.0. The topological polar surface area (TPSA) is 65.8 Å². The fraction of sp³-hybridized carbons (Fsp3) is 0.391. The summed E-state index contributed by atoms with van der Waals surface area (Å²) in [6.07, 6.45) is 6.45. The van der Waals surface area contributed by atoms with E-state index < -0.39 is 10.0 Å². The monoisotopic (exact) mass is 461 g/mol. The van der Waals surface area contributed by atoms with Gasteiger partial charge in [-0.15, -0.1) is 0 Å². The smallest absolute Gasteiger partial charge is 0.278 e. The van der Waals surface area contributed by atoms with Gasteiger partial charge in [0.1, 0.15) is 0 Å². The maximum absolute atomic E-state index is 12.9. The van der Waals surface area contributed by atoms with Crippen LogP contribution in [0, 0.1) is 0 Å². The summed E-state index contributed by atoms with van der Waals surface area (Å²) < 4.78 is 32.3. The molecule has 1 unspecified atom stereocenters. The Morgan fingerprint density at radius 1 is 1.19 bits per heavy atom. The molecule has 0 bridgehead atoms. The highest BCUT2D eigenvalue weighted by Gasteiger charge is 2.25. The van der Waals surface area contributed by atoms with Gasteiger partial charge in [0.05, 0.1) is 22.5 Å². The third-order valence-electron chi connectivity index (χ3n) is 5.87. The van der Waals surface area contributed by atoms with E-state index in [2.05, 4.69) is 17.1 Å². The van der Waals surface area contributed by atoms with Gasteiger partial charge in [-0.25, -0.2) is 0 Å². The number of benzene rings is 2. The zero-order valence-electron chi connectivity index (χ0n) is 17.6. The number of hydrogen-bond donors (Lipinski definition) is 1. The molecule has 6 nitrogen and oxygen atoms in total. The van der Waals surface area contributed by atoms with E-state index in [1.54, 1.807) is 42.7 Å². The molecule has 1 fully saturated rings. The molecule has 2 aromatic carbocycles. The molecule has 31 heavy (non-hydrogen) atoms. The molecular weight excluding hydrogens is 434 g/mol. The predicted molar refractivity (Wildman–Crippen MR) is 126 cm³/mol. The van der Waals surface area contributed by atoms with Gasteiger partial charge in [-0.2, -0.15) is 12.2 Å². The molecule has 1 aliphatic rings. The van der Waals surface area contributed by atoms with E-state index in [4.69, 9.17) is 16.2 Å². The third kappa shape index (κ3) is 4.84. The largest absolute Gasteiger partial charge is 0.462 e. The lowest BCUT2D eigenvalue weighted by Gasteiger charge is -2.33. The van der Waals surface area contributed by atoms with Crippen LogP contribution in [0.1, 0.15) is 32.6 Å². The Kier molecular flexibility index (Phi) is 6.74. The molecule has 1 aliphatic heterocycles. The summed E-state index contributed by atoms with van der Waals surface area (Å²) in [7, 11) is -3.87. The van der Waals surface area contributed by atoms with Crippen LogP contribution in [0.2, 0.25) is 0 Å². The van der Waals surface area contributed by atoms with Crippen molar-refractivity contribution in [1.29, 1.82) is 0 Å². The maximum Gasteiger partial charge on any atom is 0.278 e. The van der Waals surface area contributed by atoms with Gasteiger partial charge in [0.2, 0.25) is 0 Å². The second kappa shape index (κ2) is 9.51. The molecule has 2 heterocycles. The fourth-order valence-electron chi connectivity index (χ4n) is 4.12. The molecule has 4 rings (SSSR count). The molecule has 3 aromatic rings.